The highest BCUT2D eigenvalue weighted by Crippen LogP contribution is 2.20. The summed E-state index contributed by atoms with van der Waals surface area (Å²) in [4.78, 5) is 22.6. The van der Waals surface area contributed by atoms with Crippen molar-refractivity contribution < 1.29 is 22.4 Å². The van der Waals surface area contributed by atoms with Gasteiger partial charge in [-0.1, -0.05) is 0 Å². The number of rotatable bonds is 4. The molecule has 1 atom stereocenters. The number of hydrogen-bond acceptors (Lipinski definition) is 4. The molecule has 1 aliphatic heterocycles. The lowest BCUT2D eigenvalue weighted by Crippen LogP contribution is -2.39. The van der Waals surface area contributed by atoms with Crippen LogP contribution in [0.4, 0.5) is 23.4 Å². The molecule has 0 aliphatic carbocycles. The number of halogens is 4. The van der Waals surface area contributed by atoms with Gasteiger partial charge in [0.2, 0.25) is 5.91 Å². The molecule has 1 fully saturated rings. The van der Waals surface area contributed by atoms with Crippen molar-refractivity contribution in [3.63, 3.8) is 0 Å². The largest absolute Gasteiger partial charge is 0.379 e. The van der Waals surface area contributed by atoms with E-state index in [9.17, 15) is 22.4 Å². The van der Waals surface area contributed by atoms with Crippen molar-refractivity contribution in [1.29, 1.82) is 0 Å². The molecule has 0 bridgehead atoms. The van der Waals surface area contributed by atoms with Gasteiger partial charge in [0.1, 0.15) is 24.0 Å². The predicted octanol–water partition coefficient (Wildman–Crippen LogP) is 3.88. The van der Waals surface area contributed by atoms with Gasteiger partial charge in [-0.2, -0.15) is 13.2 Å². The summed E-state index contributed by atoms with van der Waals surface area (Å²) in [5, 5.41) is 3.12. The van der Waals surface area contributed by atoms with Crippen LogP contribution in [-0.4, -0.2) is 46.6 Å². The predicted molar refractivity (Wildman–Crippen MR) is 93.4 cm³/mol. The Morgan fingerprint density at radius 2 is 1.70 bits per heavy atom. The summed E-state index contributed by atoms with van der Waals surface area (Å²) < 4.78 is 42.0. The summed E-state index contributed by atoms with van der Waals surface area (Å²) in [5.74, 6) is 0.384. The lowest BCUT2D eigenvalue weighted by Gasteiger charge is -2.21. The summed E-state index contributed by atoms with van der Waals surface area (Å²) in [6.45, 7) is -0.175. The maximum atomic E-state index is 13.0. The molecule has 1 N–H and O–H groups in total. The molecule has 0 unspecified atom stereocenters. The molecule has 1 amide bonds. The molecular formula is C18H20F4N4O. The molecule has 1 aliphatic rings. The minimum atomic E-state index is -3.67. The smallest absolute Gasteiger partial charge is 0.359 e. The molecule has 27 heavy (non-hydrogen) atoms. The Morgan fingerprint density at radius 3 is 2.30 bits per heavy atom. The SMILES string of the molecule is C[C@@H](Nc1cc(-c2ccc(F)cc2)ncn1)C(=O)N1CCCC1.FC(F)F. The van der Waals surface area contributed by atoms with Gasteiger partial charge >= 0.3 is 6.68 Å². The zero-order valence-electron chi connectivity index (χ0n) is 14.7. The second-order valence-corrected chi connectivity index (χ2v) is 5.94. The molecular weight excluding hydrogens is 364 g/mol. The van der Waals surface area contributed by atoms with E-state index in [1.165, 1.54) is 18.5 Å². The van der Waals surface area contributed by atoms with Crippen LogP contribution < -0.4 is 5.32 Å². The monoisotopic (exact) mass is 384 g/mol. The summed E-state index contributed by atoms with van der Waals surface area (Å²) in [6.07, 6.45) is 3.58. The molecule has 1 saturated heterocycles. The molecule has 1 aromatic heterocycles. The average molecular weight is 384 g/mol. The number of likely N-dealkylation sites (tertiary alicyclic amines) is 1. The molecule has 0 saturated carbocycles. The van der Waals surface area contributed by atoms with Crippen molar-refractivity contribution in [3.8, 4) is 11.3 Å². The van der Waals surface area contributed by atoms with Crippen molar-refractivity contribution in [1.82, 2.24) is 14.9 Å². The number of nitrogens with one attached hydrogen (secondary N) is 1. The number of nitrogens with zero attached hydrogens (tertiary/aromatic N) is 3. The Labute approximate surface area is 154 Å². The fraction of sp³-hybridized carbons (Fsp3) is 0.389. The molecule has 5 nitrogen and oxygen atoms in total. The minimum absolute atomic E-state index is 0.0874. The average Bonchev–Trinajstić information content (AvgIpc) is 3.16. The number of alkyl halides is 3. The number of amides is 1. The standard InChI is InChI=1S/C17H19FN4O.CHF3/c1-12(17(23)22-8-2-3-9-22)21-16-10-15(19-11-20-16)13-4-6-14(18)7-5-13;2-1(3)4/h4-7,10-12H,2-3,8-9H2,1H3,(H,19,20,21);1H/t12-;/m1./s1. The van der Waals surface area contributed by atoms with Gasteiger partial charge in [0.25, 0.3) is 0 Å². The van der Waals surface area contributed by atoms with E-state index in [0.717, 1.165) is 31.5 Å². The number of benzene rings is 1. The number of carbonyl (C=O) groups excluding carboxylic acids is 1. The van der Waals surface area contributed by atoms with Gasteiger partial charge in [0, 0.05) is 24.7 Å². The van der Waals surface area contributed by atoms with Crippen LogP contribution >= 0.6 is 0 Å². The molecule has 0 spiro atoms. The van der Waals surface area contributed by atoms with Crippen LogP contribution in [0.25, 0.3) is 11.3 Å². The van der Waals surface area contributed by atoms with Gasteiger partial charge in [-0.05, 0) is 44.0 Å². The van der Waals surface area contributed by atoms with Gasteiger partial charge in [-0.25, -0.2) is 14.4 Å². The molecule has 3 rings (SSSR count). The van der Waals surface area contributed by atoms with Crippen molar-refractivity contribution in [2.75, 3.05) is 18.4 Å². The minimum Gasteiger partial charge on any atom is -0.359 e. The van der Waals surface area contributed by atoms with Crippen LogP contribution in [0.5, 0.6) is 0 Å². The van der Waals surface area contributed by atoms with Crippen molar-refractivity contribution in [2.24, 2.45) is 0 Å². The third-order valence-electron chi connectivity index (χ3n) is 3.96. The lowest BCUT2D eigenvalue weighted by molar-refractivity contribution is -0.130. The van der Waals surface area contributed by atoms with Crippen molar-refractivity contribution in [3.05, 3.63) is 42.5 Å². The fourth-order valence-electron chi connectivity index (χ4n) is 2.71. The highest BCUT2D eigenvalue weighted by atomic mass is 19.4. The van der Waals surface area contributed by atoms with Crippen LogP contribution in [0.1, 0.15) is 19.8 Å². The summed E-state index contributed by atoms with van der Waals surface area (Å²) in [5.41, 5.74) is 1.48. The van der Waals surface area contributed by atoms with Gasteiger partial charge in [0.15, 0.2) is 0 Å². The van der Waals surface area contributed by atoms with Crippen LogP contribution in [0.2, 0.25) is 0 Å². The molecule has 146 valence electrons. The summed E-state index contributed by atoms with van der Waals surface area (Å²) >= 11 is 0. The quantitative estimate of drug-likeness (QED) is 0.813. The number of carbonyl (C=O) groups is 1. The van der Waals surface area contributed by atoms with E-state index in [0.29, 0.717) is 11.5 Å². The van der Waals surface area contributed by atoms with Crippen LogP contribution in [0.15, 0.2) is 36.7 Å². The Morgan fingerprint density at radius 1 is 1.11 bits per heavy atom. The lowest BCUT2D eigenvalue weighted by atomic mass is 10.1. The van der Waals surface area contributed by atoms with E-state index < -0.39 is 6.68 Å². The third kappa shape index (κ3) is 6.50. The first-order chi connectivity index (χ1) is 12.9. The second kappa shape index (κ2) is 9.84. The first-order valence-electron chi connectivity index (χ1n) is 8.42. The summed E-state index contributed by atoms with van der Waals surface area (Å²) in [6, 6.07) is 7.54. The van der Waals surface area contributed by atoms with E-state index in [1.54, 1.807) is 18.2 Å². The van der Waals surface area contributed by atoms with E-state index in [4.69, 9.17) is 0 Å². The van der Waals surface area contributed by atoms with Crippen molar-refractivity contribution in [2.45, 2.75) is 32.5 Å². The molecule has 1 aromatic carbocycles. The molecule has 2 aromatic rings. The van der Waals surface area contributed by atoms with Gasteiger partial charge < -0.3 is 10.2 Å². The van der Waals surface area contributed by atoms with Crippen LogP contribution in [0.3, 0.4) is 0 Å². The highest BCUT2D eigenvalue weighted by Gasteiger charge is 2.23. The number of aromatic nitrogens is 2. The maximum Gasteiger partial charge on any atom is 0.379 e. The first-order valence-corrected chi connectivity index (χ1v) is 8.42. The Balaban J connectivity index is 0.000000596. The Kier molecular flexibility index (Phi) is 7.51. The normalized spacial score (nSPS) is 14.5. The Bertz CT molecular complexity index is 734. The fourth-order valence-corrected chi connectivity index (χ4v) is 2.71. The van der Waals surface area contributed by atoms with Gasteiger partial charge in [-0.3, -0.25) is 4.79 Å². The van der Waals surface area contributed by atoms with Gasteiger partial charge in [0.05, 0.1) is 5.69 Å². The third-order valence-corrected chi connectivity index (χ3v) is 3.96. The molecule has 9 heteroatoms. The van der Waals surface area contributed by atoms with Crippen LogP contribution in [-0.2, 0) is 4.79 Å². The highest BCUT2D eigenvalue weighted by molar-refractivity contribution is 5.84. The van der Waals surface area contributed by atoms with E-state index in [-0.39, 0.29) is 17.8 Å². The maximum absolute atomic E-state index is 13.0. The zero-order valence-corrected chi connectivity index (χ0v) is 14.7. The summed E-state index contributed by atoms with van der Waals surface area (Å²) in [7, 11) is 0. The van der Waals surface area contributed by atoms with E-state index in [2.05, 4.69) is 15.3 Å². The number of hydrogen-bond donors (Lipinski definition) is 1. The number of anilines is 1. The molecule has 2 heterocycles. The van der Waals surface area contributed by atoms with Crippen molar-refractivity contribution >= 4 is 11.7 Å². The van der Waals surface area contributed by atoms with E-state index in [1.807, 2.05) is 11.8 Å². The zero-order chi connectivity index (χ0) is 19.8. The topological polar surface area (TPSA) is 58.1 Å². The van der Waals surface area contributed by atoms with Gasteiger partial charge in [-0.15, -0.1) is 0 Å². The molecule has 0 radical (unpaired) electrons. The second-order valence-electron chi connectivity index (χ2n) is 5.94. The Hall–Kier alpha value is -2.71. The van der Waals surface area contributed by atoms with E-state index >= 15 is 0 Å². The first kappa shape index (κ1) is 20.6. The van der Waals surface area contributed by atoms with Crippen LogP contribution in [0, 0.1) is 5.82 Å².